The maximum Gasteiger partial charge on any atom is 0.417 e. The Morgan fingerprint density at radius 3 is 2.09 bits per heavy atom. The Morgan fingerprint density at radius 2 is 1.59 bits per heavy atom. The molecule has 7 heteroatoms. The van der Waals surface area contributed by atoms with Gasteiger partial charge >= 0.3 is 12.1 Å². The summed E-state index contributed by atoms with van der Waals surface area (Å²) in [5, 5.41) is 18.8. The molecule has 0 heterocycles. The van der Waals surface area contributed by atoms with E-state index in [1.807, 2.05) is 6.07 Å². The first-order chi connectivity index (χ1) is 16.0. The van der Waals surface area contributed by atoms with Gasteiger partial charge in [-0.15, -0.1) is 0 Å². The molecule has 0 radical (unpaired) electrons. The lowest BCUT2D eigenvalue weighted by Gasteiger charge is -2.24. The number of nitrogens with zero attached hydrogens (tertiary/aromatic N) is 1. The molecule has 1 N–H and O–H groups in total. The number of aliphatic carboxylic acids is 1. The number of alkyl halides is 3. The average Bonchev–Trinajstić information content (AvgIpc) is 2.81. The van der Waals surface area contributed by atoms with Crippen molar-refractivity contribution in [3.05, 3.63) is 94.5 Å². The van der Waals surface area contributed by atoms with Crippen LogP contribution in [0.4, 0.5) is 13.2 Å². The van der Waals surface area contributed by atoms with Crippen LogP contribution in [0.1, 0.15) is 58.8 Å². The maximum absolute atomic E-state index is 14.4. The van der Waals surface area contributed by atoms with E-state index >= 15 is 0 Å². The molecule has 34 heavy (non-hydrogen) atoms. The summed E-state index contributed by atoms with van der Waals surface area (Å²) < 4.78 is 43.2. The fraction of sp³-hybridized carbons (Fsp3) is 0.222. The number of benzene rings is 3. The second-order valence-corrected chi connectivity index (χ2v) is 8.39. The monoisotopic (exact) mass is 465 g/mol. The molecular weight excluding hydrogens is 443 g/mol. The number of carboxylic acids is 1. The van der Waals surface area contributed by atoms with Crippen molar-refractivity contribution >= 4 is 11.8 Å². The largest absolute Gasteiger partial charge is 0.481 e. The van der Waals surface area contributed by atoms with E-state index in [0.717, 1.165) is 6.07 Å². The molecule has 0 amide bonds. The van der Waals surface area contributed by atoms with Crippen LogP contribution in [-0.4, -0.2) is 16.9 Å². The number of halogens is 3. The van der Waals surface area contributed by atoms with Crippen LogP contribution >= 0.6 is 0 Å². The van der Waals surface area contributed by atoms with Crippen molar-refractivity contribution in [2.75, 3.05) is 0 Å². The molecule has 0 fully saturated rings. The van der Waals surface area contributed by atoms with E-state index in [2.05, 4.69) is 0 Å². The van der Waals surface area contributed by atoms with Crippen LogP contribution in [0.2, 0.25) is 0 Å². The molecular formula is C27H22F3NO3. The van der Waals surface area contributed by atoms with Crippen molar-refractivity contribution in [1.82, 2.24) is 0 Å². The van der Waals surface area contributed by atoms with E-state index in [0.29, 0.717) is 11.1 Å². The molecule has 3 rings (SSSR count). The zero-order chi connectivity index (χ0) is 25.0. The number of rotatable bonds is 7. The van der Waals surface area contributed by atoms with Gasteiger partial charge in [-0.25, -0.2) is 0 Å². The van der Waals surface area contributed by atoms with E-state index in [1.54, 1.807) is 44.2 Å². The van der Waals surface area contributed by atoms with Crippen molar-refractivity contribution in [1.29, 1.82) is 5.26 Å². The minimum atomic E-state index is -4.97. The highest BCUT2D eigenvalue weighted by Gasteiger charge is 2.41. The molecule has 0 aliphatic heterocycles. The molecule has 0 spiro atoms. The Bertz CT molecular complexity index is 1240. The second-order valence-electron chi connectivity index (χ2n) is 8.39. The van der Waals surface area contributed by atoms with Crippen LogP contribution in [0.25, 0.3) is 11.1 Å². The Kier molecular flexibility index (Phi) is 7.21. The van der Waals surface area contributed by atoms with Crippen molar-refractivity contribution < 1.29 is 27.9 Å². The predicted molar refractivity (Wildman–Crippen MR) is 121 cm³/mol. The normalized spacial score (nSPS) is 12.3. The first-order valence-electron chi connectivity index (χ1n) is 10.6. The molecule has 0 aliphatic rings. The smallest absolute Gasteiger partial charge is 0.417 e. The maximum atomic E-state index is 14.4. The fourth-order valence-electron chi connectivity index (χ4n) is 3.92. The van der Waals surface area contributed by atoms with Gasteiger partial charge in [0.1, 0.15) is 0 Å². The highest BCUT2D eigenvalue weighted by Crippen LogP contribution is 2.42. The van der Waals surface area contributed by atoms with Gasteiger partial charge in [0.2, 0.25) is 0 Å². The first-order valence-corrected chi connectivity index (χ1v) is 10.6. The SMILES string of the molecule is CC(C)CC(C(=O)O)c1cc(-c2ccccc2)cc(C(=O)c2ccc(C#N)cc2)c1C(F)(F)F. The van der Waals surface area contributed by atoms with E-state index in [1.165, 1.54) is 30.3 Å². The number of ketones is 1. The summed E-state index contributed by atoms with van der Waals surface area (Å²) in [7, 11) is 0. The molecule has 0 saturated carbocycles. The molecule has 0 aliphatic carbocycles. The summed E-state index contributed by atoms with van der Waals surface area (Å²) in [4.78, 5) is 25.4. The number of carbonyl (C=O) groups is 2. The third-order valence-corrected chi connectivity index (χ3v) is 5.46. The fourth-order valence-corrected chi connectivity index (χ4v) is 3.92. The second kappa shape index (κ2) is 9.92. The molecule has 174 valence electrons. The minimum absolute atomic E-state index is 0.0266. The highest BCUT2D eigenvalue weighted by molar-refractivity contribution is 6.11. The van der Waals surface area contributed by atoms with Gasteiger partial charge in [0, 0.05) is 11.1 Å². The van der Waals surface area contributed by atoms with Crippen LogP contribution in [0, 0.1) is 17.2 Å². The van der Waals surface area contributed by atoms with E-state index < -0.39 is 40.5 Å². The number of nitriles is 1. The predicted octanol–water partition coefficient (Wildman–Crippen LogP) is 6.69. The van der Waals surface area contributed by atoms with E-state index in [9.17, 15) is 27.9 Å². The van der Waals surface area contributed by atoms with Crippen molar-refractivity contribution in [2.45, 2.75) is 32.4 Å². The average molecular weight is 465 g/mol. The molecule has 3 aromatic carbocycles. The van der Waals surface area contributed by atoms with Gasteiger partial charge < -0.3 is 5.11 Å². The number of carbonyl (C=O) groups excluding carboxylic acids is 1. The minimum Gasteiger partial charge on any atom is -0.481 e. The number of carboxylic acid groups (broad SMARTS) is 1. The topological polar surface area (TPSA) is 78.2 Å². The van der Waals surface area contributed by atoms with Crippen molar-refractivity contribution in [3.8, 4) is 17.2 Å². The van der Waals surface area contributed by atoms with Crippen LogP contribution in [0.5, 0.6) is 0 Å². The van der Waals surface area contributed by atoms with Gasteiger partial charge in [0.15, 0.2) is 5.78 Å². The third kappa shape index (κ3) is 5.34. The molecule has 3 aromatic rings. The van der Waals surface area contributed by atoms with Gasteiger partial charge in [-0.1, -0.05) is 44.2 Å². The number of hydrogen-bond donors (Lipinski definition) is 1. The van der Waals surface area contributed by atoms with Crippen LogP contribution in [-0.2, 0) is 11.0 Å². The molecule has 4 nitrogen and oxygen atoms in total. The lowest BCUT2D eigenvalue weighted by atomic mass is 9.82. The summed E-state index contributed by atoms with van der Waals surface area (Å²) in [5.41, 5.74) is -1.20. The summed E-state index contributed by atoms with van der Waals surface area (Å²) in [6.45, 7) is 3.46. The van der Waals surface area contributed by atoms with E-state index in [-0.39, 0.29) is 23.5 Å². The summed E-state index contributed by atoms with van der Waals surface area (Å²) in [6.07, 6.45) is -4.99. The van der Waals surface area contributed by atoms with Crippen molar-refractivity contribution in [3.63, 3.8) is 0 Å². The van der Waals surface area contributed by atoms with E-state index in [4.69, 9.17) is 5.26 Å². The summed E-state index contributed by atoms with van der Waals surface area (Å²) in [5.74, 6) is -3.93. The zero-order valence-corrected chi connectivity index (χ0v) is 18.6. The summed E-state index contributed by atoms with van der Waals surface area (Å²) >= 11 is 0. The quantitative estimate of drug-likeness (QED) is 0.394. The Balaban J connectivity index is 2.36. The Hall–Kier alpha value is -3.92. The highest BCUT2D eigenvalue weighted by atomic mass is 19.4. The van der Waals surface area contributed by atoms with Gasteiger partial charge in [-0.05, 0) is 65.4 Å². The Morgan fingerprint density at radius 1 is 0.971 bits per heavy atom. The lowest BCUT2D eigenvalue weighted by Crippen LogP contribution is -2.23. The standard InChI is InChI=1S/C27H22F3NO3/c1-16(2)12-22(26(33)34)21-13-20(18-6-4-3-5-7-18)14-23(24(21)27(28,29)30)25(32)19-10-8-17(15-31)9-11-19/h3-11,13-14,16,22H,12H2,1-2H3,(H,33,34). The molecule has 0 saturated heterocycles. The van der Waals surface area contributed by atoms with Gasteiger partial charge in [0.25, 0.3) is 0 Å². The van der Waals surface area contributed by atoms with Crippen LogP contribution in [0.3, 0.4) is 0 Å². The first kappa shape index (κ1) is 24.7. The molecule has 0 bridgehead atoms. The number of hydrogen-bond acceptors (Lipinski definition) is 3. The molecule has 0 aromatic heterocycles. The van der Waals surface area contributed by atoms with Crippen LogP contribution in [0.15, 0.2) is 66.7 Å². The summed E-state index contributed by atoms with van der Waals surface area (Å²) in [6, 6.07) is 18.1. The Labute approximate surface area is 195 Å². The van der Waals surface area contributed by atoms with Crippen molar-refractivity contribution in [2.24, 2.45) is 5.92 Å². The third-order valence-electron chi connectivity index (χ3n) is 5.46. The van der Waals surface area contributed by atoms with Gasteiger partial charge in [-0.2, -0.15) is 18.4 Å². The molecule has 1 unspecified atom stereocenters. The lowest BCUT2D eigenvalue weighted by molar-refractivity contribution is -0.142. The van der Waals surface area contributed by atoms with Gasteiger partial charge in [0.05, 0.1) is 23.1 Å². The zero-order valence-electron chi connectivity index (χ0n) is 18.6. The van der Waals surface area contributed by atoms with Crippen LogP contribution < -0.4 is 0 Å². The van der Waals surface area contributed by atoms with Gasteiger partial charge in [-0.3, -0.25) is 9.59 Å². The molecule has 1 atom stereocenters.